The Morgan fingerprint density at radius 2 is 1.71 bits per heavy atom. The minimum atomic E-state index is 0.562. The topological polar surface area (TPSA) is 40.5 Å². The first-order valence-corrected chi connectivity index (χ1v) is 4.54. The quantitative estimate of drug-likeness (QED) is 0.718. The van der Waals surface area contributed by atoms with E-state index in [1.165, 1.54) is 0 Å². The smallest absolute Gasteiger partial charge is 0.153 e. The minimum Gasteiger partial charge on any atom is -0.329 e. The molecule has 2 aromatic rings. The number of azo groups is 1. The molecule has 0 amide bonds. The fraction of sp³-hybridized carbons (Fsp3) is 0. The van der Waals surface area contributed by atoms with Crippen molar-refractivity contribution in [3.63, 3.8) is 0 Å². The number of nitrogens with zero attached hydrogens (tertiary/aromatic N) is 2. The van der Waals surface area contributed by atoms with Crippen molar-refractivity contribution in [2.45, 2.75) is 0 Å². The van der Waals surface area contributed by atoms with E-state index in [-0.39, 0.29) is 0 Å². The van der Waals surface area contributed by atoms with E-state index in [0.717, 1.165) is 5.69 Å². The van der Waals surface area contributed by atoms with Crippen molar-refractivity contribution in [1.29, 1.82) is 0 Å². The van der Waals surface area contributed by atoms with Crippen LogP contribution in [0.25, 0.3) is 0 Å². The van der Waals surface area contributed by atoms with Crippen molar-refractivity contribution >= 4 is 23.1 Å². The third-order valence-corrected chi connectivity index (χ3v) is 1.88. The Hall–Kier alpha value is -1.61. The van der Waals surface area contributed by atoms with Gasteiger partial charge >= 0.3 is 0 Å². The van der Waals surface area contributed by atoms with Crippen LogP contribution in [-0.4, -0.2) is 4.98 Å². The summed E-state index contributed by atoms with van der Waals surface area (Å²) in [5.41, 5.74) is 0.818. The van der Waals surface area contributed by atoms with Crippen molar-refractivity contribution in [3.8, 4) is 0 Å². The molecule has 0 radical (unpaired) electrons. The van der Waals surface area contributed by atoms with E-state index in [2.05, 4.69) is 15.2 Å². The first kappa shape index (κ1) is 8.97. The maximum atomic E-state index is 5.68. The van der Waals surface area contributed by atoms with Gasteiger partial charge in [-0.2, -0.15) is 0 Å². The number of aromatic nitrogens is 1. The van der Waals surface area contributed by atoms with Gasteiger partial charge in [0.15, 0.2) is 5.82 Å². The van der Waals surface area contributed by atoms with E-state index >= 15 is 0 Å². The highest BCUT2D eigenvalue weighted by Gasteiger charge is 1.92. The van der Waals surface area contributed by atoms with Gasteiger partial charge in [-0.05, 0) is 24.3 Å². The van der Waals surface area contributed by atoms with Gasteiger partial charge in [-0.1, -0.05) is 29.8 Å². The molecule has 0 saturated heterocycles. The van der Waals surface area contributed by atoms with E-state index < -0.39 is 0 Å². The van der Waals surface area contributed by atoms with Crippen molar-refractivity contribution in [2.75, 3.05) is 0 Å². The molecule has 0 bridgehead atoms. The third-order valence-electron chi connectivity index (χ3n) is 1.66. The zero-order valence-electron chi connectivity index (χ0n) is 7.31. The molecule has 70 valence electrons. The fourth-order valence-corrected chi connectivity index (χ4v) is 1.18. The van der Waals surface area contributed by atoms with Gasteiger partial charge in [-0.3, -0.25) is 0 Å². The summed E-state index contributed by atoms with van der Waals surface area (Å²) in [5.74, 6) is 0.652. The van der Waals surface area contributed by atoms with Gasteiger partial charge in [0.05, 0.1) is 5.69 Å². The number of aromatic amines is 1. The molecule has 0 aliphatic heterocycles. The standard InChI is InChI=1S/C10H8ClN3/c11-9-6-7-10(12-9)14-13-8-4-2-1-3-5-8/h1-7,12H. The summed E-state index contributed by atoms with van der Waals surface area (Å²) < 4.78 is 0. The molecular weight excluding hydrogens is 198 g/mol. The Bertz CT molecular complexity index is 434. The van der Waals surface area contributed by atoms with E-state index in [4.69, 9.17) is 11.6 Å². The Labute approximate surface area is 86.4 Å². The number of H-pyrrole nitrogens is 1. The van der Waals surface area contributed by atoms with Crippen molar-refractivity contribution in [1.82, 2.24) is 4.98 Å². The highest BCUT2D eigenvalue weighted by Crippen LogP contribution is 2.18. The van der Waals surface area contributed by atoms with Gasteiger partial charge in [0.2, 0.25) is 0 Å². The third kappa shape index (κ3) is 2.20. The highest BCUT2D eigenvalue weighted by molar-refractivity contribution is 6.29. The lowest BCUT2D eigenvalue weighted by atomic mass is 10.3. The Morgan fingerprint density at radius 3 is 2.36 bits per heavy atom. The van der Waals surface area contributed by atoms with Gasteiger partial charge in [0.1, 0.15) is 5.15 Å². The molecule has 0 atom stereocenters. The molecule has 14 heavy (non-hydrogen) atoms. The number of hydrogen-bond acceptors (Lipinski definition) is 2. The fourth-order valence-electron chi connectivity index (χ4n) is 1.02. The Morgan fingerprint density at radius 1 is 0.929 bits per heavy atom. The summed E-state index contributed by atoms with van der Waals surface area (Å²) in [7, 11) is 0. The lowest BCUT2D eigenvalue weighted by Gasteiger charge is -1.88. The SMILES string of the molecule is Clc1ccc(N=Nc2ccccc2)[nH]1. The molecule has 0 fully saturated rings. The van der Waals surface area contributed by atoms with Gasteiger partial charge in [-0.25, -0.2) is 0 Å². The van der Waals surface area contributed by atoms with Crippen LogP contribution in [0.15, 0.2) is 52.7 Å². The molecule has 3 nitrogen and oxygen atoms in total. The maximum Gasteiger partial charge on any atom is 0.153 e. The number of benzene rings is 1. The van der Waals surface area contributed by atoms with Gasteiger partial charge in [0.25, 0.3) is 0 Å². The van der Waals surface area contributed by atoms with Crippen LogP contribution in [0, 0.1) is 0 Å². The molecular formula is C10H8ClN3. The van der Waals surface area contributed by atoms with E-state index in [1.807, 2.05) is 30.3 Å². The molecule has 0 unspecified atom stereocenters. The molecule has 0 aliphatic carbocycles. The first-order chi connectivity index (χ1) is 6.84. The highest BCUT2D eigenvalue weighted by atomic mass is 35.5. The molecule has 1 heterocycles. The number of nitrogens with one attached hydrogen (secondary N) is 1. The second-order valence-electron chi connectivity index (χ2n) is 2.73. The van der Waals surface area contributed by atoms with Gasteiger partial charge in [0, 0.05) is 0 Å². The largest absolute Gasteiger partial charge is 0.329 e. The lowest BCUT2D eigenvalue weighted by molar-refractivity contribution is 1.18. The normalized spacial score (nSPS) is 10.9. The molecule has 0 saturated carbocycles. The Balaban J connectivity index is 2.15. The van der Waals surface area contributed by atoms with Crippen LogP contribution < -0.4 is 0 Å². The van der Waals surface area contributed by atoms with Gasteiger partial charge in [-0.15, -0.1) is 10.2 Å². The number of rotatable bonds is 2. The van der Waals surface area contributed by atoms with Gasteiger partial charge < -0.3 is 4.98 Å². The zero-order valence-corrected chi connectivity index (χ0v) is 8.07. The molecule has 0 aliphatic rings. The second kappa shape index (κ2) is 4.07. The average molecular weight is 206 g/mol. The predicted octanol–water partition coefficient (Wildman–Crippen LogP) is 4.08. The molecule has 4 heteroatoms. The van der Waals surface area contributed by atoms with E-state index in [0.29, 0.717) is 11.0 Å². The van der Waals surface area contributed by atoms with Crippen molar-refractivity contribution < 1.29 is 0 Å². The van der Waals surface area contributed by atoms with Crippen LogP contribution in [0.1, 0.15) is 0 Å². The van der Waals surface area contributed by atoms with E-state index in [1.54, 1.807) is 12.1 Å². The first-order valence-electron chi connectivity index (χ1n) is 4.16. The summed E-state index contributed by atoms with van der Waals surface area (Å²) in [6.45, 7) is 0. The molecule has 0 spiro atoms. The predicted molar refractivity (Wildman–Crippen MR) is 56.4 cm³/mol. The second-order valence-corrected chi connectivity index (χ2v) is 3.13. The molecule has 1 N–H and O–H groups in total. The summed E-state index contributed by atoms with van der Waals surface area (Å²) in [5, 5.41) is 8.57. The van der Waals surface area contributed by atoms with Crippen LogP contribution in [0.2, 0.25) is 5.15 Å². The van der Waals surface area contributed by atoms with E-state index in [9.17, 15) is 0 Å². The summed E-state index contributed by atoms with van der Waals surface area (Å²) in [6, 6.07) is 13.0. The Kier molecular flexibility index (Phi) is 2.60. The minimum absolute atomic E-state index is 0.562. The molecule has 2 rings (SSSR count). The van der Waals surface area contributed by atoms with Crippen LogP contribution >= 0.6 is 11.6 Å². The summed E-state index contributed by atoms with van der Waals surface area (Å²) in [4.78, 5) is 2.85. The number of hydrogen-bond donors (Lipinski definition) is 1. The zero-order chi connectivity index (χ0) is 9.80. The number of halogens is 1. The summed E-state index contributed by atoms with van der Waals surface area (Å²) in [6.07, 6.45) is 0. The van der Waals surface area contributed by atoms with Crippen molar-refractivity contribution in [2.24, 2.45) is 10.2 Å². The molecule has 1 aromatic heterocycles. The lowest BCUT2D eigenvalue weighted by Crippen LogP contribution is -1.62. The van der Waals surface area contributed by atoms with Crippen molar-refractivity contribution in [3.05, 3.63) is 47.6 Å². The summed E-state index contributed by atoms with van der Waals surface area (Å²) >= 11 is 5.68. The average Bonchev–Trinajstić information content (AvgIpc) is 2.63. The van der Waals surface area contributed by atoms with Crippen LogP contribution in [0.4, 0.5) is 11.5 Å². The van der Waals surface area contributed by atoms with Crippen LogP contribution in [0.3, 0.4) is 0 Å². The monoisotopic (exact) mass is 205 g/mol. The maximum absolute atomic E-state index is 5.68. The van der Waals surface area contributed by atoms with Crippen LogP contribution in [0.5, 0.6) is 0 Å². The van der Waals surface area contributed by atoms with Crippen LogP contribution in [-0.2, 0) is 0 Å². The molecule has 1 aromatic carbocycles.